The Morgan fingerprint density at radius 1 is 0.973 bits per heavy atom. The van der Waals surface area contributed by atoms with Crippen LogP contribution in [0, 0.1) is 0 Å². The molecule has 0 radical (unpaired) electrons. The van der Waals surface area contributed by atoms with E-state index in [4.69, 9.17) is 0 Å². The standard InChI is InChI=1S/C29H33N3O5/c1-20(23-14-8-12-21-10-4-6-13-24(21)23)32-29(2,36)25-15-7-5-11-22(25)17-19-31-28(35)27(34)30-18-9-16-26(33)37-3/h4-16,20,32,36H,17-19H2,1-3H3,(H,30,34)(H,31,35)/b16-9+/t20-,29?/m1/s1. The Kier molecular flexibility index (Phi) is 9.54. The van der Waals surface area contributed by atoms with E-state index < -0.39 is 23.5 Å². The summed E-state index contributed by atoms with van der Waals surface area (Å²) in [7, 11) is 1.25. The number of fused-ring (bicyclic) bond motifs is 1. The van der Waals surface area contributed by atoms with Gasteiger partial charge in [0.25, 0.3) is 0 Å². The monoisotopic (exact) mass is 503 g/mol. The number of ether oxygens (including phenoxy) is 1. The maximum absolute atomic E-state index is 12.1. The molecule has 0 fully saturated rings. The van der Waals surface area contributed by atoms with E-state index in [0.29, 0.717) is 12.0 Å². The van der Waals surface area contributed by atoms with E-state index >= 15 is 0 Å². The highest BCUT2D eigenvalue weighted by Crippen LogP contribution is 2.29. The molecule has 194 valence electrons. The number of carbonyl (C=O) groups excluding carboxylic acids is 3. The van der Waals surface area contributed by atoms with Crippen molar-refractivity contribution in [3.63, 3.8) is 0 Å². The van der Waals surface area contributed by atoms with Gasteiger partial charge in [-0.05, 0) is 42.2 Å². The fourth-order valence-corrected chi connectivity index (χ4v) is 4.26. The van der Waals surface area contributed by atoms with Crippen molar-refractivity contribution < 1.29 is 24.2 Å². The highest BCUT2D eigenvalue weighted by Gasteiger charge is 2.28. The fourth-order valence-electron chi connectivity index (χ4n) is 4.26. The summed E-state index contributed by atoms with van der Waals surface area (Å²) in [6.07, 6.45) is 2.97. The topological polar surface area (TPSA) is 117 Å². The van der Waals surface area contributed by atoms with E-state index in [0.717, 1.165) is 28.0 Å². The van der Waals surface area contributed by atoms with Crippen molar-refractivity contribution >= 4 is 28.6 Å². The Morgan fingerprint density at radius 2 is 1.65 bits per heavy atom. The summed E-state index contributed by atoms with van der Waals surface area (Å²) in [6.45, 7) is 3.95. The smallest absolute Gasteiger partial charge is 0.330 e. The molecule has 2 amide bonds. The zero-order valence-electron chi connectivity index (χ0n) is 21.3. The van der Waals surface area contributed by atoms with Crippen molar-refractivity contribution in [1.82, 2.24) is 16.0 Å². The van der Waals surface area contributed by atoms with Crippen LogP contribution in [0.5, 0.6) is 0 Å². The average molecular weight is 504 g/mol. The quantitative estimate of drug-likeness (QED) is 0.146. The van der Waals surface area contributed by atoms with Crippen molar-refractivity contribution in [2.75, 3.05) is 20.2 Å². The summed E-state index contributed by atoms with van der Waals surface area (Å²) in [5.41, 5.74) is 1.26. The molecule has 0 saturated heterocycles. The van der Waals surface area contributed by atoms with Gasteiger partial charge in [-0.1, -0.05) is 72.8 Å². The van der Waals surface area contributed by atoms with Gasteiger partial charge in [-0.25, -0.2) is 4.79 Å². The van der Waals surface area contributed by atoms with Crippen LogP contribution >= 0.6 is 0 Å². The van der Waals surface area contributed by atoms with Crippen LogP contribution in [0.2, 0.25) is 0 Å². The summed E-state index contributed by atoms with van der Waals surface area (Å²) >= 11 is 0. The number of nitrogens with one attached hydrogen (secondary N) is 3. The number of esters is 1. The van der Waals surface area contributed by atoms with Crippen LogP contribution in [0.4, 0.5) is 0 Å². The lowest BCUT2D eigenvalue weighted by molar-refractivity contribution is -0.139. The van der Waals surface area contributed by atoms with Gasteiger partial charge in [0.15, 0.2) is 0 Å². The molecule has 0 aliphatic heterocycles. The van der Waals surface area contributed by atoms with Gasteiger partial charge in [-0.15, -0.1) is 0 Å². The molecule has 8 heteroatoms. The summed E-state index contributed by atoms with van der Waals surface area (Å²) in [5, 5.41) is 22.0. The molecule has 2 atom stereocenters. The lowest BCUT2D eigenvalue weighted by Crippen LogP contribution is -2.42. The number of carbonyl (C=O) groups is 3. The lowest BCUT2D eigenvalue weighted by Gasteiger charge is -2.32. The highest BCUT2D eigenvalue weighted by molar-refractivity contribution is 6.35. The molecule has 0 bridgehead atoms. The Balaban J connectivity index is 1.61. The molecule has 37 heavy (non-hydrogen) atoms. The molecule has 0 aromatic heterocycles. The number of amides is 2. The SMILES string of the molecule is COC(=O)/C=C/CNC(=O)C(=O)NCCc1ccccc1C(C)(O)N[C@H](C)c1cccc2ccccc12. The van der Waals surface area contributed by atoms with E-state index in [1.807, 2.05) is 55.5 Å². The van der Waals surface area contributed by atoms with Crippen LogP contribution < -0.4 is 16.0 Å². The van der Waals surface area contributed by atoms with Crippen LogP contribution in [0.1, 0.15) is 36.6 Å². The van der Waals surface area contributed by atoms with E-state index in [9.17, 15) is 19.5 Å². The normalized spacial score (nSPS) is 13.6. The third-order valence-electron chi connectivity index (χ3n) is 6.05. The molecule has 1 unspecified atom stereocenters. The maximum atomic E-state index is 12.1. The molecule has 0 heterocycles. The van der Waals surface area contributed by atoms with Crippen molar-refractivity contribution in [2.24, 2.45) is 0 Å². The predicted octanol–water partition coefficient (Wildman–Crippen LogP) is 2.86. The van der Waals surface area contributed by atoms with Gasteiger partial charge in [-0.2, -0.15) is 0 Å². The Hall–Kier alpha value is -4.01. The first-order valence-electron chi connectivity index (χ1n) is 12.1. The largest absolute Gasteiger partial charge is 0.466 e. The average Bonchev–Trinajstić information content (AvgIpc) is 2.90. The molecule has 3 aromatic rings. The summed E-state index contributed by atoms with van der Waals surface area (Å²) in [4.78, 5) is 35.1. The minimum Gasteiger partial charge on any atom is -0.466 e. The first kappa shape index (κ1) is 27.6. The predicted molar refractivity (Wildman–Crippen MR) is 142 cm³/mol. The van der Waals surface area contributed by atoms with Crippen molar-refractivity contribution in [2.45, 2.75) is 32.0 Å². The van der Waals surface area contributed by atoms with Gasteiger partial charge >= 0.3 is 17.8 Å². The second-order valence-corrected chi connectivity index (χ2v) is 8.81. The molecule has 0 aliphatic carbocycles. The zero-order chi connectivity index (χ0) is 26.8. The molecule has 4 N–H and O–H groups in total. The number of rotatable bonds is 10. The highest BCUT2D eigenvalue weighted by atomic mass is 16.5. The molecule has 3 aromatic carbocycles. The molecule has 0 aliphatic rings. The number of aliphatic hydroxyl groups is 1. The van der Waals surface area contributed by atoms with Crippen LogP contribution in [0.3, 0.4) is 0 Å². The second-order valence-electron chi connectivity index (χ2n) is 8.81. The van der Waals surface area contributed by atoms with Crippen molar-refractivity contribution in [3.05, 3.63) is 95.6 Å². The Morgan fingerprint density at radius 3 is 2.43 bits per heavy atom. The van der Waals surface area contributed by atoms with Crippen molar-refractivity contribution in [3.8, 4) is 0 Å². The van der Waals surface area contributed by atoms with Crippen molar-refractivity contribution in [1.29, 1.82) is 0 Å². The van der Waals surface area contributed by atoms with Crippen LogP contribution in [-0.4, -0.2) is 43.1 Å². The van der Waals surface area contributed by atoms with Gasteiger partial charge in [0.1, 0.15) is 5.72 Å². The van der Waals surface area contributed by atoms with E-state index in [-0.39, 0.29) is 19.1 Å². The minimum atomic E-state index is -1.35. The third kappa shape index (κ3) is 7.49. The van der Waals surface area contributed by atoms with Crippen LogP contribution in [-0.2, 0) is 31.3 Å². The second kappa shape index (κ2) is 12.8. The summed E-state index contributed by atoms with van der Waals surface area (Å²) in [6, 6.07) is 21.6. The first-order chi connectivity index (χ1) is 17.7. The van der Waals surface area contributed by atoms with E-state index in [1.54, 1.807) is 6.92 Å². The fraction of sp³-hybridized carbons (Fsp3) is 0.276. The number of methoxy groups -OCH3 is 1. The Bertz CT molecular complexity index is 1280. The van der Waals surface area contributed by atoms with Crippen LogP contribution in [0.15, 0.2) is 78.9 Å². The lowest BCUT2D eigenvalue weighted by atomic mass is 9.93. The minimum absolute atomic E-state index is 0.0214. The van der Waals surface area contributed by atoms with Gasteiger partial charge in [0.05, 0.1) is 7.11 Å². The zero-order valence-corrected chi connectivity index (χ0v) is 21.3. The number of benzene rings is 3. The summed E-state index contributed by atoms with van der Waals surface area (Å²) in [5.74, 6) is -2.13. The number of hydrogen-bond donors (Lipinski definition) is 4. The number of hydrogen-bond acceptors (Lipinski definition) is 6. The van der Waals surface area contributed by atoms with Gasteiger partial charge in [0, 0.05) is 30.8 Å². The van der Waals surface area contributed by atoms with Crippen LogP contribution in [0.25, 0.3) is 10.8 Å². The van der Waals surface area contributed by atoms with Gasteiger partial charge in [-0.3, -0.25) is 14.9 Å². The van der Waals surface area contributed by atoms with Gasteiger partial charge < -0.3 is 20.5 Å². The van der Waals surface area contributed by atoms with E-state index in [2.05, 4.69) is 38.9 Å². The van der Waals surface area contributed by atoms with Gasteiger partial charge in [0.2, 0.25) is 0 Å². The summed E-state index contributed by atoms with van der Waals surface area (Å²) < 4.78 is 4.45. The molecular weight excluding hydrogens is 470 g/mol. The molecule has 0 saturated carbocycles. The molecule has 3 rings (SSSR count). The molecule has 0 spiro atoms. The third-order valence-corrected chi connectivity index (χ3v) is 6.05. The molecular formula is C29H33N3O5. The Labute approximate surface area is 216 Å². The first-order valence-corrected chi connectivity index (χ1v) is 12.1. The maximum Gasteiger partial charge on any atom is 0.330 e. The molecule has 8 nitrogen and oxygen atoms in total. The van der Waals surface area contributed by atoms with E-state index in [1.165, 1.54) is 13.2 Å².